The average Bonchev–Trinajstić information content (AvgIpc) is 2.61. The maximum absolute atomic E-state index is 12.5. The summed E-state index contributed by atoms with van der Waals surface area (Å²) < 4.78 is 0. The van der Waals surface area contributed by atoms with Gasteiger partial charge in [-0.05, 0) is 44.1 Å². The first-order valence-electron chi connectivity index (χ1n) is 9.11. The number of likely N-dealkylation sites (N-methyl/N-ethyl adjacent to an activating group) is 1. The fraction of sp³-hybridized carbons (Fsp3) is 0.579. The van der Waals surface area contributed by atoms with Crippen molar-refractivity contribution in [2.75, 3.05) is 38.0 Å². The van der Waals surface area contributed by atoms with E-state index < -0.39 is 11.8 Å². The number of hydrogen-bond donors (Lipinski definition) is 2. The van der Waals surface area contributed by atoms with Crippen LogP contribution in [0.15, 0.2) is 24.3 Å². The summed E-state index contributed by atoms with van der Waals surface area (Å²) in [5.74, 6) is -1.08. The van der Waals surface area contributed by atoms with Gasteiger partial charge in [0.2, 0.25) is 0 Å². The summed E-state index contributed by atoms with van der Waals surface area (Å²) in [5.41, 5.74) is 7.40. The Balaban J connectivity index is 2.67. The van der Waals surface area contributed by atoms with Crippen molar-refractivity contribution in [3.8, 4) is 0 Å². The van der Waals surface area contributed by atoms with Crippen molar-refractivity contribution in [3.63, 3.8) is 0 Å². The van der Waals surface area contributed by atoms with Crippen LogP contribution in [0.2, 0.25) is 0 Å². The normalized spacial score (nSPS) is 12.1. The number of rotatable bonds is 9. The van der Waals surface area contributed by atoms with Crippen molar-refractivity contribution in [1.29, 1.82) is 0 Å². The number of nitrogens with two attached hydrogens (primary N) is 1. The molecule has 0 fully saturated rings. The third-order valence-corrected chi connectivity index (χ3v) is 4.25. The first-order valence-corrected chi connectivity index (χ1v) is 9.11. The largest absolute Gasteiger partial charge is 0.333 e. The summed E-state index contributed by atoms with van der Waals surface area (Å²) in [7, 11) is 0. The zero-order valence-corrected chi connectivity index (χ0v) is 15.9. The number of nitrogens with one attached hydrogen (secondary N) is 1. The van der Waals surface area contributed by atoms with E-state index in [-0.39, 0.29) is 6.04 Å². The van der Waals surface area contributed by atoms with Crippen molar-refractivity contribution in [3.05, 3.63) is 29.8 Å². The van der Waals surface area contributed by atoms with E-state index in [1.165, 1.54) is 0 Å². The Bertz CT molecular complexity index is 539. The molecule has 0 saturated heterocycles. The van der Waals surface area contributed by atoms with Crippen molar-refractivity contribution in [2.24, 2.45) is 5.73 Å². The lowest BCUT2D eigenvalue weighted by Crippen LogP contribution is -2.44. The van der Waals surface area contributed by atoms with Gasteiger partial charge in [0.1, 0.15) is 0 Å². The molecule has 1 aromatic carbocycles. The van der Waals surface area contributed by atoms with Gasteiger partial charge >= 0.3 is 11.8 Å². The van der Waals surface area contributed by atoms with Gasteiger partial charge in [0.25, 0.3) is 0 Å². The molecule has 1 atom stereocenters. The van der Waals surface area contributed by atoms with Crippen LogP contribution in [0.3, 0.4) is 0 Å². The smallest absolute Gasteiger partial charge is 0.313 e. The van der Waals surface area contributed by atoms with E-state index in [0.717, 1.165) is 31.6 Å². The van der Waals surface area contributed by atoms with Crippen LogP contribution in [0.1, 0.15) is 45.7 Å². The molecule has 1 unspecified atom stereocenters. The maximum atomic E-state index is 12.5. The number of carbonyl (C=O) groups is 2. The Morgan fingerprint density at radius 2 is 1.64 bits per heavy atom. The predicted octanol–water partition coefficient (Wildman–Crippen LogP) is 2.23. The number of anilines is 1. The molecule has 0 aliphatic carbocycles. The van der Waals surface area contributed by atoms with Crippen LogP contribution in [-0.4, -0.2) is 54.3 Å². The lowest BCUT2D eigenvalue weighted by molar-refractivity contribution is -0.143. The van der Waals surface area contributed by atoms with Crippen LogP contribution in [0, 0.1) is 0 Å². The lowest BCUT2D eigenvalue weighted by Gasteiger charge is -2.25. The van der Waals surface area contributed by atoms with Crippen molar-refractivity contribution >= 4 is 17.5 Å². The maximum Gasteiger partial charge on any atom is 0.313 e. The molecular formula is C19H32N4O2. The topological polar surface area (TPSA) is 78.7 Å². The van der Waals surface area contributed by atoms with Crippen LogP contribution in [-0.2, 0) is 9.59 Å². The Kier molecular flexibility index (Phi) is 9.16. The highest BCUT2D eigenvalue weighted by Gasteiger charge is 2.21. The molecule has 0 saturated carbocycles. The van der Waals surface area contributed by atoms with Crippen LogP contribution in [0.25, 0.3) is 0 Å². The first-order chi connectivity index (χ1) is 11.9. The fourth-order valence-electron chi connectivity index (χ4n) is 2.58. The van der Waals surface area contributed by atoms with E-state index in [9.17, 15) is 9.59 Å². The molecule has 2 amide bonds. The molecule has 3 N–H and O–H groups in total. The third kappa shape index (κ3) is 6.84. The van der Waals surface area contributed by atoms with Crippen molar-refractivity contribution < 1.29 is 9.59 Å². The second kappa shape index (κ2) is 10.8. The number of benzene rings is 1. The minimum absolute atomic E-state index is 0.0634. The second-order valence-corrected chi connectivity index (χ2v) is 6.18. The van der Waals surface area contributed by atoms with E-state index in [1.807, 2.05) is 26.0 Å². The van der Waals surface area contributed by atoms with Crippen LogP contribution >= 0.6 is 0 Å². The van der Waals surface area contributed by atoms with Gasteiger partial charge in [0.15, 0.2) is 0 Å². The second-order valence-electron chi connectivity index (χ2n) is 6.18. The number of carbonyl (C=O) groups excluding carboxylic acids is 2. The summed E-state index contributed by atoms with van der Waals surface area (Å²) in [4.78, 5) is 28.6. The molecule has 0 heterocycles. The molecule has 0 bridgehead atoms. The van der Waals surface area contributed by atoms with Gasteiger partial charge in [0, 0.05) is 31.4 Å². The van der Waals surface area contributed by atoms with E-state index >= 15 is 0 Å². The molecule has 0 aliphatic rings. The van der Waals surface area contributed by atoms with Gasteiger partial charge < -0.3 is 20.9 Å². The Morgan fingerprint density at radius 1 is 1.04 bits per heavy atom. The monoisotopic (exact) mass is 348 g/mol. The van der Waals surface area contributed by atoms with Crippen LogP contribution in [0.4, 0.5) is 5.69 Å². The SMILES string of the molecule is CCCN(CCN(CC)CC)C(=O)C(=O)Nc1ccc(C(C)N)cc1. The standard InChI is InChI=1S/C19H32N4O2/c1-5-12-23(14-13-22(6-2)7-3)19(25)18(24)21-17-10-8-16(9-11-17)15(4)20/h8-11,15H,5-7,12-14,20H2,1-4H3,(H,21,24). The van der Waals surface area contributed by atoms with Gasteiger partial charge in [0.05, 0.1) is 0 Å². The molecule has 0 spiro atoms. The molecule has 25 heavy (non-hydrogen) atoms. The summed E-state index contributed by atoms with van der Waals surface area (Å²) in [6.45, 7) is 11.9. The first kappa shape index (κ1) is 21.1. The molecule has 0 aromatic heterocycles. The summed E-state index contributed by atoms with van der Waals surface area (Å²) >= 11 is 0. The molecular weight excluding hydrogens is 316 g/mol. The number of nitrogens with zero attached hydrogens (tertiary/aromatic N) is 2. The number of amides is 2. The van der Waals surface area contributed by atoms with Gasteiger partial charge in [-0.25, -0.2) is 0 Å². The third-order valence-electron chi connectivity index (χ3n) is 4.25. The van der Waals surface area contributed by atoms with Gasteiger partial charge in [-0.3, -0.25) is 9.59 Å². The van der Waals surface area contributed by atoms with Crippen molar-refractivity contribution in [1.82, 2.24) is 9.80 Å². The highest BCUT2D eigenvalue weighted by molar-refractivity contribution is 6.39. The van der Waals surface area contributed by atoms with Gasteiger partial charge in [-0.15, -0.1) is 0 Å². The predicted molar refractivity (Wildman–Crippen MR) is 102 cm³/mol. The van der Waals surface area contributed by atoms with Gasteiger partial charge in [-0.1, -0.05) is 32.9 Å². The van der Waals surface area contributed by atoms with E-state index in [0.29, 0.717) is 18.8 Å². The highest BCUT2D eigenvalue weighted by atomic mass is 16.2. The Hall–Kier alpha value is -1.92. The summed E-state index contributed by atoms with van der Waals surface area (Å²) in [6, 6.07) is 7.18. The molecule has 0 aliphatic heterocycles. The molecule has 1 rings (SSSR count). The minimum atomic E-state index is -0.596. The zero-order chi connectivity index (χ0) is 18.8. The minimum Gasteiger partial charge on any atom is -0.333 e. The molecule has 1 aromatic rings. The Labute approximate surface area is 151 Å². The zero-order valence-electron chi connectivity index (χ0n) is 15.9. The van der Waals surface area contributed by atoms with Crippen LogP contribution < -0.4 is 11.1 Å². The molecule has 6 nitrogen and oxygen atoms in total. The van der Waals surface area contributed by atoms with E-state index in [2.05, 4.69) is 24.1 Å². The highest BCUT2D eigenvalue weighted by Crippen LogP contribution is 2.14. The quantitative estimate of drug-likeness (QED) is 0.671. The van der Waals surface area contributed by atoms with E-state index in [4.69, 9.17) is 5.73 Å². The van der Waals surface area contributed by atoms with Crippen molar-refractivity contribution in [2.45, 2.75) is 40.2 Å². The van der Waals surface area contributed by atoms with Crippen LogP contribution in [0.5, 0.6) is 0 Å². The fourth-order valence-corrected chi connectivity index (χ4v) is 2.58. The summed E-state index contributed by atoms with van der Waals surface area (Å²) in [5, 5.41) is 2.68. The van der Waals surface area contributed by atoms with E-state index in [1.54, 1.807) is 17.0 Å². The molecule has 140 valence electrons. The number of hydrogen-bond acceptors (Lipinski definition) is 4. The average molecular weight is 348 g/mol. The Morgan fingerprint density at radius 3 is 2.12 bits per heavy atom. The molecule has 6 heteroatoms. The van der Waals surface area contributed by atoms with Gasteiger partial charge in [-0.2, -0.15) is 0 Å². The molecule has 0 radical (unpaired) electrons. The lowest BCUT2D eigenvalue weighted by atomic mass is 10.1. The summed E-state index contributed by atoms with van der Waals surface area (Å²) in [6.07, 6.45) is 0.820.